The van der Waals surface area contributed by atoms with E-state index in [0.717, 1.165) is 39.0 Å². The minimum absolute atomic E-state index is 0.175. The van der Waals surface area contributed by atoms with E-state index < -0.39 is 5.54 Å². The molecule has 0 spiro atoms. The first kappa shape index (κ1) is 13.5. The molecule has 0 radical (unpaired) electrons. The van der Waals surface area contributed by atoms with Crippen molar-refractivity contribution >= 4 is 5.91 Å². The first-order valence-electron chi connectivity index (χ1n) is 6.37. The van der Waals surface area contributed by atoms with E-state index >= 15 is 0 Å². The molecule has 1 rings (SSSR count). The Kier molecular flexibility index (Phi) is 5.22. The molecule has 1 heterocycles. The van der Waals surface area contributed by atoms with Gasteiger partial charge in [0.2, 0.25) is 5.91 Å². The van der Waals surface area contributed by atoms with Gasteiger partial charge in [0.15, 0.2) is 0 Å². The maximum atomic E-state index is 11.7. The number of hydrogen-bond acceptors (Lipinski definition) is 3. The quantitative estimate of drug-likeness (QED) is 0.657. The Morgan fingerprint density at radius 2 is 2.00 bits per heavy atom. The third kappa shape index (κ3) is 3.19. The summed E-state index contributed by atoms with van der Waals surface area (Å²) in [5.41, 5.74) is 5.14. The number of rotatable bonds is 6. The van der Waals surface area contributed by atoms with Crippen LogP contribution in [0.25, 0.3) is 0 Å². The average molecular weight is 227 g/mol. The van der Waals surface area contributed by atoms with Gasteiger partial charge in [0, 0.05) is 26.2 Å². The second-order valence-electron chi connectivity index (χ2n) is 4.83. The average Bonchev–Trinajstić information content (AvgIpc) is 2.30. The molecular weight excluding hydrogens is 202 g/mol. The Balaban J connectivity index is 2.58. The van der Waals surface area contributed by atoms with Crippen LogP contribution >= 0.6 is 0 Å². The minimum atomic E-state index is -0.447. The molecule has 1 atom stereocenters. The van der Waals surface area contributed by atoms with Gasteiger partial charge in [-0.05, 0) is 13.3 Å². The van der Waals surface area contributed by atoms with Gasteiger partial charge >= 0.3 is 0 Å². The van der Waals surface area contributed by atoms with Crippen LogP contribution in [0.5, 0.6) is 0 Å². The zero-order valence-electron chi connectivity index (χ0n) is 10.6. The van der Waals surface area contributed by atoms with Gasteiger partial charge < -0.3 is 11.1 Å². The smallest absolute Gasteiger partial charge is 0.237 e. The molecule has 1 aliphatic rings. The highest BCUT2D eigenvalue weighted by Gasteiger charge is 2.37. The molecule has 1 aliphatic heterocycles. The zero-order chi connectivity index (χ0) is 12.0. The number of carbonyl (C=O) groups excluding carboxylic acids is 1. The predicted octanol–water partition coefficient (Wildman–Crippen LogP) is 0.716. The molecule has 4 nitrogen and oxygen atoms in total. The molecule has 0 aromatic heterocycles. The fourth-order valence-corrected chi connectivity index (χ4v) is 2.31. The maximum absolute atomic E-state index is 11.7. The largest absolute Gasteiger partial charge is 0.368 e. The van der Waals surface area contributed by atoms with Crippen molar-refractivity contribution in [3.63, 3.8) is 0 Å². The van der Waals surface area contributed by atoms with Crippen LogP contribution in [-0.4, -0.2) is 42.5 Å². The van der Waals surface area contributed by atoms with Crippen LogP contribution in [0.4, 0.5) is 0 Å². The molecule has 0 aliphatic carbocycles. The monoisotopic (exact) mass is 227 g/mol. The van der Waals surface area contributed by atoms with Gasteiger partial charge in [-0.25, -0.2) is 0 Å². The molecular formula is C12H25N3O. The highest BCUT2D eigenvalue weighted by atomic mass is 16.1. The Morgan fingerprint density at radius 1 is 1.38 bits per heavy atom. The van der Waals surface area contributed by atoms with E-state index in [1.54, 1.807) is 0 Å². The third-order valence-electron chi connectivity index (χ3n) is 3.61. The maximum Gasteiger partial charge on any atom is 0.237 e. The Morgan fingerprint density at radius 3 is 2.50 bits per heavy atom. The van der Waals surface area contributed by atoms with Crippen molar-refractivity contribution < 1.29 is 4.79 Å². The predicted molar refractivity (Wildman–Crippen MR) is 66.2 cm³/mol. The fourth-order valence-electron chi connectivity index (χ4n) is 2.31. The normalized spacial score (nSPS) is 21.6. The Hall–Kier alpha value is -0.610. The molecule has 1 saturated heterocycles. The molecule has 1 fully saturated rings. The lowest BCUT2D eigenvalue weighted by Gasteiger charge is -2.41. The van der Waals surface area contributed by atoms with Crippen LogP contribution in [-0.2, 0) is 4.79 Å². The van der Waals surface area contributed by atoms with Crippen LogP contribution in [0, 0.1) is 0 Å². The number of hydrogen-bond donors (Lipinski definition) is 2. The van der Waals surface area contributed by atoms with E-state index in [-0.39, 0.29) is 5.91 Å². The summed E-state index contributed by atoms with van der Waals surface area (Å²) in [5.74, 6) is -0.175. The van der Waals surface area contributed by atoms with E-state index in [2.05, 4.69) is 17.1 Å². The zero-order valence-corrected chi connectivity index (χ0v) is 10.6. The number of amides is 1. The summed E-state index contributed by atoms with van der Waals surface area (Å²) in [6, 6.07) is 0. The molecule has 3 N–H and O–H groups in total. The van der Waals surface area contributed by atoms with Crippen LogP contribution in [0.1, 0.15) is 39.5 Å². The SMILES string of the molecule is CCCCCC(C)(C(N)=O)N1CCNCC1. The highest BCUT2D eigenvalue weighted by Crippen LogP contribution is 2.22. The van der Waals surface area contributed by atoms with Crippen molar-refractivity contribution in [2.24, 2.45) is 5.73 Å². The van der Waals surface area contributed by atoms with Crippen LogP contribution in [0.3, 0.4) is 0 Å². The molecule has 0 aromatic rings. The fraction of sp³-hybridized carbons (Fsp3) is 0.917. The number of nitrogens with zero attached hydrogens (tertiary/aromatic N) is 1. The van der Waals surface area contributed by atoms with Crippen LogP contribution < -0.4 is 11.1 Å². The summed E-state index contributed by atoms with van der Waals surface area (Å²) < 4.78 is 0. The van der Waals surface area contributed by atoms with Crippen molar-refractivity contribution in [3.8, 4) is 0 Å². The molecule has 1 unspecified atom stereocenters. The van der Waals surface area contributed by atoms with E-state index in [4.69, 9.17) is 5.73 Å². The molecule has 0 saturated carbocycles. The van der Waals surface area contributed by atoms with Gasteiger partial charge in [-0.2, -0.15) is 0 Å². The number of piperazine rings is 1. The van der Waals surface area contributed by atoms with Gasteiger partial charge in [-0.3, -0.25) is 9.69 Å². The van der Waals surface area contributed by atoms with E-state index in [0.29, 0.717) is 0 Å². The van der Waals surface area contributed by atoms with Gasteiger partial charge in [0.1, 0.15) is 0 Å². The summed E-state index contributed by atoms with van der Waals surface area (Å²) in [6.07, 6.45) is 4.32. The lowest BCUT2D eigenvalue weighted by atomic mass is 9.91. The van der Waals surface area contributed by atoms with Gasteiger partial charge in [0.05, 0.1) is 5.54 Å². The van der Waals surface area contributed by atoms with Crippen LogP contribution in [0.15, 0.2) is 0 Å². The Labute approximate surface area is 98.6 Å². The number of carbonyl (C=O) groups is 1. The lowest BCUT2D eigenvalue weighted by Crippen LogP contribution is -2.60. The van der Waals surface area contributed by atoms with Gasteiger partial charge in [-0.15, -0.1) is 0 Å². The minimum Gasteiger partial charge on any atom is -0.368 e. The molecule has 94 valence electrons. The lowest BCUT2D eigenvalue weighted by molar-refractivity contribution is -0.130. The first-order chi connectivity index (χ1) is 7.61. The van der Waals surface area contributed by atoms with E-state index in [1.807, 2.05) is 6.92 Å². The van der Waals surface area contributed by atoms with Crippen molar-refractivity contribution in [2.75, 3.05) is 26.2 Å². The molecule has 0 aromatic carbocycles. The number of nitrogens with two attached hydrogens (primary N) is 1. The summed E-state index contributed by atoms with van der Waals surface area (Å²) >= 11 is 0. The summed E-state index contributed by atoms with van der Waals surface area (Å²) in [7, 11) is 0. The first-order valence-corrected chi connectivity index (χ1v) is 6.37. The second kappa shape index (κ2) is 6.21. The number of primary amides is 1. The molecule has 0 bridgehead atoms. The molecule has 4 heteroatoms. The van der Waals surface area contributed by atoms with E-state index in [1.165, 1.54) is 12.8 Å². The van der Waals surface area contributed by atoms with Crippen LogP contribution in [0.2, 0.25) is 0 Å². The number of nitrogens with one attached hydrogen (secondary N) is 1. The molecule has 1 amide bonds. The van der Waals surface area contributed by atoms with Crippen molar-refractivity contribution in [1.29, 1.82) is 0 Å². The Bertz CT molecular complexity index is 226. The summed E-state index contributed by atoms with van der Waals surface area (Å²) in [5, 5.41) is 3.30. The topological polar surface area (TPSA) is 58.4 Å². The standard InChI is InChI=1S/C12H25N3O/c1-3-4-5-6-12(2,11(13)16)15-9-7-14-8-10-15/h14H,3-10H2,1-2H3,(H2,13,16). The van der Waals surface area contributed by atoms with Crippen molar-refractivity contribution in [1.82, 2.24) is 10.2 Å². The van der Waals surface area contributed by atoms with Crippen molar-refractivity contribution in [3.05, 3.63) is 0 Å². The highest BCUT2D eigenvalue weighted by molar-refractivity contribution is 5.84. The van der Waals surface area contributed by atoms with E-state index in [9.17, 15) is 4.79 Å². The van der Waals surface area contributed by atoms with Gasteiger partial charge in [0.25, 0.3) is 0 Å². The van der Waals surface area contributed by atoms with Crippen molar-refractivity contribution in [2.45, 2.75) is 45.1 Å². The second-order valence-corrected chi connectivity index (χ2v) is 4.83. The number of unbranched alkanes of at least 4 members (excludes halogenated alkanes) is 2. The summed E-state index contributed by atoms with van der Waals surface area (Å²) in [6.45, 7) is 7.92. The third-order valence-corrected chi connectivity index (χ3v) is 3.61. The summed E-state index contributed by atoms with van der Waals surface area (Å²) in [4.78, 5) is 13.9. The molecule has 16 heavy (non-hydrogen) atoms. The van der Waals surface area contributed by atoms with Gasteiger partial charge in [-0.1, -0.05) is 26.2 Å².